The van der Waals surface area contributed by atoms with Gasteiger partial charge in [-0.3, -0.25) is 19.5 Å². The highest BCUT2D eigenvalue weighted by Crippen LogP contribution is 2.47. The van der Waals surface area contributed by atoms with Crippen LogP contribution in [0, 0.1) is 36.5 Å². The minimum atomic E-state index is 0.559. The van der Waals surface area contributed by atoms with E-state index >= 15 is 0 Å². The monoisotopic (exact) mass is 1350 g/mol. The van der Waals surface area contributed by atoms with Crippen LogP contribution in [0.5, 0.6) is 0 Å². The lowest BCUT2D eigenvalue weighted by molar-refractivity contribution is 1.05. The quantitative estimate of drug-likeness (QED) is 0.127. The van der Waals surface area contributed by atoms with Crippen LogP contribution in [0.4, 0.5) is 0 Å². The van der Waals surface area contributed by atoms with E-state index in [9.17, 15) is 10.5 Å². The Morgan fingerprint density at radius 2 is 0.783 bits per heavy atom. The summed E-state index contributed by atoms with van der Waals surface area (Å²) in [6.07, 6.45) is 9.86. The van der Waals surface area contributed by atoms with Gasteiger partial charge >= 0.3 is 0 Å². The zero-order valence-corrected chi connectivity index (χ0v) is 57.6. The lowest BCUT2D eigenvalue weighted by Gasteiger charge is -2.20. The maximum absolute atomic E-state index is 10.6. The number of hydrogen-bond acceptors (Lipinski definition) is 6. The fourth-order valence-corrected chi connectivity index (χ4v) is 16.5. The van der Waals surface area contributed by atoms with E-state index in [2.05, 4.69) is 287 Å². The summed E-state index contributed by atoms with van der Waals surface area (Å²) in [5.74, 6) is 0.775. The first-order valence-corrected chi connectivity index (χ1v) is 35.5. The molecule has 0 saturated heterocycles. The Morgan fingerprint density at radius 3 is 1.41 bits per heavy atom. The van der Waals surface area contributed by atoms with Crippen molar-refractivity contribution in [3.63, 3.8) is 0 Å². The van der Waals surface area contributed by atoms with Crippen LogP contribution in [0.1, 0.15) is 22.3 Å². The Kier molecular flexibility index (Phi) is 14.2. The van der Waals surface area contributed by atoms with E-state index in [0.717, 1.165) is 183 Å². The topological polar surface area (TPSA) is 119 Å². The first-order valence-electron chi connectivity index (χ1n) is 35.5. The summed E-state index contributed by atoms with van der Waals surface area (Å²) < 4.78 is 9.33. The summed E-state index contributed by atoms with van der Waals surface area (Å²) in [5.41, 5.74) is 28.2. The van der Waals surface area contributed by atoms with Crippen LogP contribution in [0.3, 0.4) is 0 Å². The smallest absolute Gasteiger partial charge is 0.138 e. The molecule has 0 aliphatic heterocycles. The minimum absolute atomic E-state index is 0.559. The Labute approximate surface area is 609 Å². The standard InChI is InChI=1S/C96H60N10/c1-59-34-41-75-71-25-9-13-30-82(71)105(88(75)45-59)90-58-101-93(52-77(90)63-37-35-61(53-97)36-38-63)106-85-33-16-12-28-74(85)81-51-76(60(2)46-89(81)106)69-50-78(96(102-55-69)65-22-7-4-8-23-65)67-40-43-87-80(49-67)73-27-11-15-32-84(73)104(87)92-57-99-56-91(94(92)68-24-17-19-62(47-68)54-98)103-83-31-14-10-26-72(83)79-48-66(39-42-86(79)103)70-29-18-44-100-95(70)64-20-5-3-6-21-64/h3-52,55-58H,1-2H3. The van der Waals surface area contributed by atoms with Gasteiger partial charge in [0.1, 0.15) is 5.82 Å². The van der Waals surface area contributed by atoms with Gasteiger partial charge in [0, 0.05) is 94.4 Å². The molecule has 10 heteroatoms. The molecular weight excluding hydrogens is 1290 g/mol. The van der Waals surface area contributed by atoms with E-state index < -0.39 is 0 Å². The number of hydrogen-bond donors (Lipinski definition) is 0. The maximum atomic E-state index is 10.6. The molecule has 0 amide bonds. The number of benzene rings is 12. The SMILES string of the molecule is Cc1ccc2c3ccccc3n(-c3cnc(-n4c5ccccc5c5cc(-c6cnc(-c7ccccc7)c(-c7ccc8c(c7)c7ccccc7n8-c7cncc(-n8c9ccccc9c9cc(-c%10cccnc%10-c%10ccccc%10)ccc98)c7-c7cccc(C#N)c7)c6)c(C)cc54)cc3-c3ccc(C#N)cc3)c2c1. The normalized spacial score (nSPS) is 11.7. The number of para-hydroxylation sites is 4. The highest BCUT2D eigenvalue weighted by atomic mass is 15.1. The van der Waals surface area contributed by atoms with Crippen molar-refractivity contribution in [1.29, 1.82) is 10.5 Å². The van der Waals surface area contributed by atoms with Crippen LogP contribution >= 0.6 is 0 Å². The molecule has 0 spiro atoms. The number of pyridine rings is 4. The van der Waals surface area contributed by atoms with Gasteiger partial charge in [-0.15, -0.1) is 0 Å². The molecule has 0 aliphatic rings. The van der Waals surface area contributed by atoms with E-state index in [1.54, 1.807) is 0 Å². The first kappa shape index (κ1) is 61.3. The van der Waals surface area contributed by atoms with Crippen molar-refractivity contribution >= 4 is 87.2 Å². The maximum Gasteiger partial charge on any atom is 0.138 e. The van der Waals surface area contributed by atoms with Crippen molar-refractivity contribution in [3.8, 4) is 113 Å². The van der Waals surface area contributed by atoms with Gasteiger partial charge in [-0.1, -0.05) is 188 Å². The third-order valence-electron chi connectivity index (χ3n) is 21.2. The summed E-state index contributed by atoms with van der Waals surface area (Å²) in [5, 5.41) is 29.4. The second kappa shape index (κ2) is 24.6. The lowest BCUT2D eigenvalue weighted by Crippen LogP contribution is -2.05. The summed E-state index contributed by atoms with van der Waals surface area (Å²) in [4.78, 5) is 21.0. The third-order valence-corrected chi connectivity index (χ3v) is 21.2. The zero-order chi connectivity index (χ0) is 70.7. The van der Waals surface area contributed by atoms with Crippen LogP contribution in [0.25, 0.3) is 188 Å². The van der Waals surface area contributed by atoms with Gasteiger partial charge in [-0.05, 0) is 162 Å². The second-order valence-corrected chi connectivity index (χ2v) is 27.3. The van der Waals surface area contributed by atoms with Gasteiger partial charge in [-0.2, -0.15) is 10.5 Å². The molecule has 0 bridgehead atoms. The number of aryl methyl sites for hydroxylation is 2. The molecule has 10 nitrogen and oxygen atoms in total. The third kappa shape index (κ3) is 9.78. The number of aromatic nitrogens is 8. The number of fused-ring (bicyclic) bond motifs is 12. The van der Waals surface area contributed by atoms with Crippen molar-refractivity contribution in [2.75, 3.05) is 0 Å². The first-order chi connectivity index (χ1) is 52.3. The Hall–Kier alpha value is -14.6. The second-order valence-electron chi connectivity index (χ2n) is 27.3. The lowest BCUT2D eigenvalue weighted by atomic mass is 9.93. The molecule has 0 radical (unpaired) electrons. The number of nitrogens with zero attached hydrogens (tertiary/aromatic N) is 10. The Morgan fingerprint density at radius 1 is 0.274 bits per heavy atom. The van der Waals surface area contributed by atoms with Crippen molar-refractivity contribution in [2.45, 2.75) is 13.8 Å². The molecule has 0 saturated carbocycles. The molecule has 0 unspecified atom stereocenters. The fourth-order valence-electron chi connectivity index (χ4n) is 16.5. The van der Waals surface area contributed by atoms with Gasteiger partial charge in [0.25, 0.3) is 0 Å². The molecule has 0 aliphatic carbocycles. The van der Waals surface area contributed by atoms with E-state index in [0.29, 0.717) is 11.1 Å². The van der Waals surface area contributed by atoms with Gasteiger partial charge in [-0.25, -0.2) is 4.98 Å². The Bertz CT molecular complexity index is 7120. The number of rotatable bonds is 11. The molecule has 8 aromatic heterocycles. The van der Waals surface area contributed by atoms with Crippen molar-refractivity contribution < 1.29 is 0 Å². The number of nitriles is 2. The van der Waals surface area contributed by atoms with Gasteiger partial charge < -0.3 is 13.7 Å². The van der Waals surface area contributed by atoms with Crippen LogP contribution in [-0.4, -0.2) is 38.2 Å². The van der Waals surface area contributed by atoms with E-state index in [4.69, 9.17) is 19.9 Å². The fraction of sp³-hybridized carbons (Fsp3) is 0.0208. The van der Waals surface area contributed by atoms with Crippen molar-refractivity contribution in [3.05, 3.63) is 350 Å². The predicted molar refractivity (Wildman–Crippen MR) is 432 cm³/mol. The molecule has 8 heterocycles. The summed E-state index contributed by atoms with van der Waals surface area (Å²) in [7, 11) is 0. The molecule has 20 aromatic rings. The molecule has 0 atom stereocenters. The van der Waals surface area contributed by atoms with Crippen LogP contribution in [0.15, 0.2) is 328 Å². The molecule has 20 rings (SSSR count). The van der Waals surface area contributed by atoms with Gasteiger partial charge in [0.2, 0.25) is 0 Å². The van der Waals surface area contributed by atoms with E-state index in [-0.39, 0.29) is 0 Å². The zero-order valence-electron chi connectivity index (χ0n) is 57.6. The van der Waals surface area contributed by atoms with Crippen LogP contribution < -0.4 is 0 Å². The van der Waals surface area contributed by atoms with E-state index in [1.807, 2.05) is 85.6 Å². The average molecular weight is 1350 g/mol. The Balaban J connectivity index is 0.745. The van der Waals surface area contributed by atoms with Gasteiger partial charge in [0.05, 0.1) is 114 Å². The summed E-state index contributed by atoms with van der Waals surface area (Å²) in [6.45, 7) is 4.34. The molecule has 494 valence electrons. The largest absolute Gasteiger partial charge is 0.307 e. The van der Waals surface area contributed by atoms with Crippen LogP contribution in [0.2, 0.25) is 0 Å². The molecule has 12 aromatic carbocycles. The minimum Gasteiger partial charge on any atom is -0.307 e. The average Bonchev–Trinajstić information content (AvgIpc) is 1.56. The molecule has 106 heavy (non-hydrogen) atoms. The molecule has 0 fully saturated rings. The molecular formula is C96H60N10. The predicted octanol–water partition coefficient (Wildman–Crippen LogP) is 23.7. The molecule has 0 N–H and O–H groups in total. The summed E-state index contributed by atoms with van der Waals surface area (Å²) >= 11 is 0. The van der Waals surface area contributed by atoms with Crippen LogP contribution in [-0.2, 0) is 0 Å². The van der Waals surface area contributed by atoms with Crippen molar-refractivity contribution in [2.24, 2.45) is 0 Å². The van der Waals surface area contributed by atoms with Crippen molar-refractivity contribution in [1.82, 2.24) is 38.2 Å². The van der Waals surface area contributed by atoms with Gasteiger partial charge in [0.15, 0.2) is 0 Å². The highest BCUT2D eigenvalue weighted by Gasteiger charge is 2.27. The van der Waals surface area contributed by atoms with E-state index in [1.165, 1.54) is 16.3 Å². The summed E-state index contributed by atoms with van der Waals surface area (Å²) in [6, 6.07) is 109. The highest BCUT2D eigenvalue weighted by molar-refractivity contribution is 6.15.